The second-order valence-corrected chi connectivity index (χ2v) is 7.94. The summed E-state index contributed by atoms with van der Waals surface area (Å²) in [6.07, 6.45) is 8.88. The number of rotatable bonds is 2. The maximum Gasteiger partial charge on any atom is 0.261 e. The van der Waals surface area contributed by atoms with Gasteiger partial charge >= 0.3 is 0 Å². The molecule has 3 heterocycles. The number of amides is 1. The lowest BCUT2D eigenvalue weighted by molar-refractivity contribution is 0.0640. The topological polar surface area (TPSA) is 65.2 Å². The number of hydrogen-bond acceptors (Lipinski definition) is 3. The highest BCUT2D eigenvalue weighted by Crippen LogP contribution is 2.31. The zero-order valence-electron chi connectivity index (χ0n) is 15.0. The molecule has 4 rings (SSSR count). The van der Waals surface area contributed by atoms with Crippen molar-refractivity contribution < 1.29 is 4.79 Å². The van der Waals surface area contributed by atoms with E-state index in [9.17, 15) is 9.59 Å². The molecule has 2 N–H and O–H groups in total. The molecule has 1 aromatic heterocycles. The first-order chi connectivity index (χ1) is 12.2. The van der Waals surface area contributed by atoms with Crippen molar-refractivity contribution >= 4 is 5.91 Å². The summed E-state index contributed by atoms with van der Waals surface area (Å²) in [4.78, 5) is 30.1. The van der Waals surface area contributed by atoms with E-state index >= 15 is 0 Å². The minimum atomic E-state index is -0.203. The number of nitrogens with one attached hydrogen (secondary N) is 2. The highest BCUT2D eigenvalue weighted by molar-refractivity contribution is 5.94. The van der Waals surface area contributed by atoms with Crippen LogP contribution in [0.25, 0.3) is 0 Å². The molecule has 2 saturated heterocycles. The van der Waals surface area contributed by atoms with Gasteiger partial charge in [-0.15, -0.1) is 0 Å². The lowest BCUT2D eigenvalue weighted by Gasteiger charge is -2.37. The summed E-state index contributed by atoms with van der Waals surface area (Å²) in [6, 6.07) is 1.87. The van der Waals surface area contributed by atoms with Gasteiger partial charge in [-0.3, -0.25) is 9.59 Å². The van der Waals surface area contributed by atoms with E-state index in [-0.39, 0.29) is 11.5 Å². The van der Waals surface area contributed by atoms with Crippen molar-refractivity contribution in [3.63, 3.8) is 0 Å². The van der Waals surface area contributed by atoms with E-state index in [0.29, 0.717) is 5.56 Å². The summed E-state index contributed by atoms with van der Waals surface area (Å²) in [5.41, 5.74) is 2.35. The van der Waals surface area contributed by atoms with Crippen LogP contribution < -0.4 is 10.9 Å². The maximum atomic E-state index is 12.9. The lowest BCUT2D eigenvalue weighted by Crippen LogP contribution is -2.43. The molecule has 2 fully saturated rings. The lowest BCUT2D eigenvalue weighted by atomic mass is 9.79. The summed E-state index contributed by atoms with van der Waals surface area (Å²) in [7, 11) is 0. The number of nitrogens with zero attached hydrogens (tertiary/aromatic N) is 1. The fourth-order valence-electron chi connectivity index (χ4n) is 4.89. The van der Waals surface area contributed by atoms with Crippen LogP contribution in [0.15, 0.2) is 10.9 Å². The van der Waals surface area contributed by atoms with Gasteiger partial charge in [0.15, 0.2) is 0 Å². The maximum absolute atomic E-state index is 12.9. The number of carbonyl (C=O) groups is 1. The van der Waals surface area contributed by atoms with Gasteiger partial charge in [0.25, 0.3) is 11.5 Å². The molecule has 5 heteroatoms. The Morgan fingerprint density at radius 1 is 1.00 bits per heavy atom. The SMILES string of the molecule is O=C(c1cc2c([nH]c1=O)CCCC2)N1CCC(C2CCNCC2)CC1. The Hall–Kier alpha value is -1.62. The highest BCUT2D eigenvalue weighted by Gasteiger charge is 2.30. The normalized spacial score (nSPS) is 22.6. The van der Waals surface area contributed by atoms with E-state index in [1.165, 1.54) is 18.4 Å². The fraction of sp³-hybridized carbons (Fsp3) is 0.700. The smallest absolute Gasteiger partial charge is 0.261 e. The summed E-state index contributed by atoms with van der Waals surface area (Å²) in [5, 5.41) is 3.43. The number of carbonyl (C=O) groups excluding carboxylic acids is 1. The molecule has 0 atom stereocenters. The summed E-state index contributed by atoms with van der Waals surface area (Å²) >= 11 is 0. The van der Waals surface area contributed by atoms with Gasteiger partial charge < -0.3 is 15.2 Å². The zero-order valence-corrected chi connectivity index (χ0v) is 15.0. The average Bonchev–Trinajstić information content (AvgIpc) is 2.68. The second kappa shape index (κ2) is 7.32. The highest BCUT2D eigenvalue weighted by atomic mass is 16.2. The Bertz CT molecular complexity index is 683. The molecule has 1 amide bonds. The molecule has 25 heavy (non-hydrogen) atoms. The van der Waals surface area contributed by atoms with E-state index < -0.39 is 0 Å². The number of aromatic nitrogens is 1. The Morgan fingerprint density at radius 3 is 2.44 bits per heavy atom. The minimum absolute atomic E-state index is 0.0709. The van der Waals surface area contributed by atoms with E-state index in [0.717, 1.165) is 82.2 Å². The predicted octanol–water partition coefficient (Wildman–Crippen LogP) is 2.11. The standard InChI is InChI=1S/C20H29N3O2/c24-19-17(13-16-3-1-2-4-18(16)22-19)20(25)23-11-7-15(8-12-23)14-5-9-21-10-6-14/h13-15,21H,1-12H2,(H,22,24). The first-order valence-electron chi connectivity index (χ1n) is 9.97. The molecule has 0 saturated carbocycles. The fourth-order valence-corrected chi connectivity index (χ4v) is 4.89. The molecule has 0 radical (unpaired) electrons. The molecule has 1 aliphatic carbocycles. The summed E-state index contributed by atoms with van der Waals surface area (Å²) in [5.74, 6) is 1.48. The van der Waals surface area contributed by atoms with Crippen LogP contribution in [0.1, 0.15) is 60.1 Å². The van der Waals surface area contributed by atoms with Crippen molar-refractivity contribution in [1.82, 2.24) is 15.2 Å². The van der Waals surface area contributed by atoms with Crippen LogP contribution >= 0.6 is 0 Å². The average molecular weight is 343 g/mol. The number of pyridine rings is 1. The van der Waals surface area contributed by atoms with Crippen LogP contribution in [-0.4, -0.2) is 42.0 Å². The Kier molecular flexibility index (Phi) is 4.93. The second-order valence-electron chi connectivity index (χ2n) is 7.94. The minimum Gasteiger partial charge on any atom is -0.338 e. The molecule has 136 valence electrons. The van der Waals surface area contributed by atoms with Crippen LogP contribution in [0.2, 0.25) is 0 Å². The van der Waals surface area contributed by atoms with Crippen LogP contribution in [-0.2, 0) is 12.8 Å². The monoisotopic (exact) mass is 343 g/mol. The molecular weight excluding hydrogens is 314 g/mol. The summed E-state index contributed by atoms with van der Waals surface area (Å²) in [6.45, 7) is 3.86. The van der Waals surface area contributed by atoms with E-state index in [1.54, 1.807) is 0 Å². The van der Waals surface area contributed by atoms with Crippen molar-refractivity contribution in [2.24, 2.45) is 11.8 Å². The number of hydrogen-bond donors (Lipinski definition) is 2. The van der Waals surface area contributed by atoms with Gasteiger partial charge in [0.1, 0.15) is 5.56 Å². The zero-order chi connectivity index (χ0) is 17.2. The molecule has 1 aromatic rings. The largest absolute Gasteiger partial charge is 0.338 e. The van der Waals surface area contributed by atoms with Gasteiger partial charge in [0.05, 0.1) is 0 Å². The van der Waals surface area contributed by atoms with Crippen molar-refractivity contribution in [1.29, 1.82) is 0 Å². The molecule has 0 bridgehead atoms. The number of aryl methyl sites for hydroxylation is 2. The van der Waals surface area contributed by atoms with Gasteiger partial charge in [0.2, 0.25) is 0 Å². The molecular formula is C20H29N3O2. The van der Waals surface area contributed by atoms with Crippen LogP contribution in [0.3, 0.4) is 0 Å². The van der Waals surface area contributed by atoms with Gasteiger partial charge in [-0.25, -0.2) is 0 Å². The van der Waals surface area contributed by atoms with Crippen molar-refractivity contribution in [2.75, 3.05) is 26.2 Å². The number of H-pyrrole nitrogens is 1. The number of fused-ring (bicyclic) bond motifs is 1. The Morgan fingerprint density at radius 2 is 1.68 bits per heavy atom. The molecule has 0 spiro atoms. The number of piperidine rings is 2. The van der Waals surface area contributed by atoms with Gasteiger partial charge in [-0.1, -0.05) is 0 Å². The molecule has 3 aliphatic rings. The summed E-state index contributed by atoms with van der Waals surface area (Å²) < 4.78 is 0. The van der Waals surface area contributed by atoms with Crippen LogP contribution in [0.5, 0.6) is 0 Å². The van der Waals surface area contributed by atoms with E-state index in [1.807, 2.05) is 11.0 Å². The third-order valence-corrected chi connectivity index (χ3v) is 6.45. The Balaban J connectivity index is 1.43. The van der Waals surface area contributed by atoms with E-state index in [4.69, 9.17) is 0 Å². The molecule has 0 aromatic carbocycles. The van der Waals surface area contributed by atoms with Gasteiger partial charge in [-0.2, -0.15) is 0 Å². The molecule has 0 unspecified atom stereocenters. The van der Waals surface area contributed by atoms with Crippen LogP contribution in [0.4, 0.5) is 0 Å². The van der Waals surface area contributed by atoms with Gasteiger partial charge in [-0.05, 0) is 87.9 Å². The quantitative estimate of drug-likeness (QED) is 0.864. The van der Waals surface area contributed by atoms with Gasteiger partial charge in [0, 0.05) is 18.8 Å². The third kappa shape index (κ3) is 3.52. The number of aromatic amines is 1. The first kappa shape index (κ1) is 16.8. The first-order valence-corrected chi connectivity index (χ1v) is 9.97. The Labute approximate surface area is 149 Å². The third-order valence-electron chi connectivity index (χ3n) is 6.45. The molecule has 5 nitrogen and oxygen atoms in total. The number of likely N-dealkylation sites (tertiary alicyclic amines) is 1. The molecule has 2 aliphatic heterocycles. The van der Waals surface area contributed by atoms with Crippen molar-refractivity contribution in [3.8, 4) is 0 Å². The van der Waals surface area contributed by atoms with Crippen molar-refractivity contribution in [3.05, 3.63) is 33.2 Å². The predicted molar refractivity (Wildman–Crippen MR) is 97.9 cm³/mol. The van der Waals surface area contributed by atoms with E-state index in [2.05, 4.69) is 10.3 Å². The van der Waals surface area contributed by atoms with Crippen molar-refractivity contribution in [2.45, 2.75) is 51.4 Å². The van der Waals surface area contributed by atoms with Crippen LogP contribution in [0, 0.1) is 11.8 Å².